The van der Waals surface area contributed by atoms with Crippen molar-refractivity contribution in [3.63, 3.8) is 0 Å². The molecule has 4 nitrogen and oxygen atoms in total. The Kier molecular flexibility index (Phi) is 2.60. The molecule has 2 aliphatic rings. The molecule has 0 saturated heterocycles. The van der Waals surface area contributed by atoms with Crippen molar-refractivity contribution >= 4 is 21.6 Å². The van der Waals surface area contributed by atoms with E-state index >= 15 is 0 Å². The molecule has 1 aliphatic carbocycles. The molecular weight excluding hydrogens is 244 g/mol. The number of rotatable bonds is 1. The summed E-state index contributed by atoms with van der Waals surface area (Å²) in [4.78, 5) is 1.14. The van der Waals surface area contributed by atoms with Gasteiger partial charge in [-0.05, 0) is 18.2 Å². The van der Waals surface area contributed by atoms with E-state index in [0.29, 0.717) is 5.36 Å². The molecule has 0 fully saturated rings. The van der Waals surface area contributed by atoms with Crippen molar-refractivity contribution < 1.29 is 4.57 Å². The minimum atomic E-state index is 0.712. The largest absolute Gasteiger partial charge is 0.223 e. The normalized spacial score (nSPS) is 12.2. The number of aryl methyl sites for hydroxylation is 1. The summed E-state index contributed by atoms with van der Waals surface area (Å²) in [6.45, 7) is 0. The van der Waals surface area contributed by atoms with E-state index in [9.17, 15) is 0 Å². The molecule has 0 radical (unpaired) electrons. The predicted molar refractivity (Wildman–Crippen MR) is 70.3 cm³/mol. The maximum atomic E-state index is 6.78. The van der Waals surface area contributed by atoms with Gasteiger partial charge >= 0.3 is 0 Å². The summed E-state index contributed by atoms with van der Waals surface area (Å²) in [5, 5.41) is 7.54. The van der Waals surface area contributed by atoms with Gasteiger partial charge in [0.15, 0.2) is 0 Å². The van der Waals surface area contributed by atoms with Crippen molar-refractivity contribution in [1.82, 2.24) is 0 Å². The third-order valence-corrected chi connectivity index (χ3v) is 4.03. The highest BCUT2D eigenvalue weighted by Gasteiger charge is 2.17. The van der Waals surface area contributed by atoms with E-state index in [0.717, 1.165) is 10.6 Å². The second kappa shape index (κ2) is 4.27. The molecule has 18 heavy (non-hydrogen) atoms. The minimum absolute atomic E-state index is 0.712. The van der Waals surface area contributed by atoms with Gasteiger partial charge in [0.25, 0.3) is 0 Å². The van der Waals surface area contributed by atoms with Crippen molar-refractivity contribution in [2.45, 2.75) is 0 Å². The third kappa shape index (κ3) is 1.69. The Morgan fingerprint density at radius 1 is 1.17 bits per heavy atom. The number of hydrogen-bond donors (Lipinski definition) is 1. The maximum Gasteiger partial charge on any atom is 0.223 e. The lowest BCUT2D eigenvalue weighted by molar-refractivity contribution is -0.633. The second-order valence-corrected chi connectivity index (χ2v) is 5.06. The number of benzene rings is 2. The first kappa shape index (κ1) is 11.0. The van der Waals surface area contributed by atoms with Crippen LogP contribution >= 0.6 is 11.3 Å². The first-order valence-electron chi connectivity index (χ1n) is 5.52. The van der Waals surface area contributed by atoms with Gasteiger partial charge in [0, 0.05) is 12.1 Å². The molecule has 1 aromatic carbocycles. The number of nitrogens with zero attached hydrogens (tertiary/aromatic N) is 3. The summed E-state index contributed by atoms with van der Waals surface area (Å²) in [7, 11) is 2.06. The van der Waals surface area contributed by atoms with Crippen LogP contribution < -0.4 is 9.92 Å². The van der Waals surface area contributed by atoms with Gasteiger partial charge in [-0.2, -0.15) is 10.1 Å². The van der Waals surface area contributed by atoms with Gasteiger partial charge < -0.3 is 0 Å². The first-order chi connectivity index (χ1) is 8.79. The van der Waals surface area contributed by atoms with Gasteiger partial charge in [0.1, 0.15) is 11.9 Å². The highest BCUT2D eigenvalue weighted by atomic mass is 32.1. The fourth-order valence-corrected chi connectivity index (χ4v) is 3.23. The lowest BCUT2D eigenvalue weighted by atomic mass is 10.2. The Morgan fingerprint density at radius 3 is 2.83 bits per heavy atom. The summed E-state index contributed by atoms with van der Waals surface area (Å²) in [6, 6.07) is 14.2. The van der Waals surface area contributed by atoms with Crippen LogP contribution in [0.1, 0.15) is 0 Å². The fraction of sp³-hybridized carbons (Fsp3) is 0.0769. The number of hydrogen-bond acceptors (Lipinski definition) is 3. The van der Waals surface area contributed by atoms with E-state index in [2.05, 4.69) is 34.1 Å². The highest BCUT2D eigenvalue weighted by Crippen LogP contribution is 2.27. The van der Waals surface area contributed by atoms with Crippen molar-refractivity contribution in [3.05, 3.63) is 47.8 Å². The summed E-state index contributed by atoms with van der Waals surface area (Å²) in [5.41, 5.74) is 9.15. The lowest BCUT2D eigenvalue weighted by Gasteiger charge is -2.04. The SMILES string of the molecule is C[n+]1c2cc/c(=N\N=N)cc-2sc2ccccc21. The van der Waals surface area contributed by atoms with Crippen molar-refractivity contribution in [1.29, 1.82) is 5.53 Å². The van der Waals surface area contributed by atoms with Crippen LogP contribution in [0.5, 0.6) is 0 Å². The second-order valence-electron chi connectivity index (χ2n) is 3.98. The number of fused-ring (bicyclic) bond motifs is 2. The average molecular weight is 255 g/mol. The first-order valence-corrected chi connectivity index (χ1v) is 6.33. The van der Waals surface area contributed by atoms with E-state index in [1.54, 1.807) is 11.3 Å². The molecule has 1 heterocycles. The Morgan fingerprint density at radius 2 is 2.00 bits per heavy atom. The third-order valence-electron chi connectivity index (χ3n) is 2.92. The molecular formula is C13H11N4S+. The molecule has 88 valence electrons. The maximum absolute atomic E-state index is 6.78. The predicted octanol–water partition coefficient (Wildman–Crippen LogP) is 2.68. The zero-order chi connectivity index (χ0) is 12.5. The summed E-state index contributed by atoms with van der Waals surface area (Å²) >= 11 is 1.72. The quantitative estimate of drug-likeness (QED) is 0.301. The average Bonchev–Trinajstić information content (AvgIpc) is 2.39. The molecule has 3 rings (SSSR count). The van der Waals surface area contributed by atoms with Gasteiger partial charge in [-0.1, -0.05) is 17.4 Å². The molecule has 0 amide bonds. The molecule has 0 bridgehead atoms. The standard InChI is InChI=1S/C13H11N4S/c1-17-10-4-2-3-5-12(10)18-13-8-9(15-16-14)6-7-11(13)17/h2-8,14H,1H3/q+1. The van der Waals surface area contributed by atoms with E-state index in [1.165, 1.54) is 10.2 Å². The van der Waals surface area contributed by atoms with Crippen molar-refractivity contribution in [2.75, 3.05) is 0 Å². The monoisotopic (exact) mass is 255 g/mol. The van der Waals surface area contributed by atoms with E-state index in [1.807, 2.05) is 30.3 Å². The van der Waals surface area contributed by atoms with E-state index in [4.69, 9.17) is 5.53 Å². The zero-order valence-corrected chi connectivity index (χ0v) is 10.6. The Balaban J connectivity index is 2.45. The molecule has 1 N–H and O–H groups in total. The number of para-hydroxylation sites is 1. The van der Waals surface area contributed by atoms with Gasteiger partial charge in [0.2, 0.25) is 11.2 Å². The molecule has 5 heteroatoms. The zero-order valence-electron chi connectivity index (χ0n) is 9.79. The molecule has 0 spiro atoms. The fourth-order valence-electron chi connectivity index (χ4n) is 2.05. The van der Waals surface area contributed by atoms with Crippen LogP contribution in [0.3, 0.4) is 0 Å². The molecule has 0 unspecified atom stereocenters. The van der Waals surface area contributed by atoms with Gasteiger partial charge in [-0.25, -0.2) is 0 Å². The molecule has 0 saturated carbocycles. The van der Waals surface area contributed by atoms with Gasteiger partial charge in [-0.15, -0.1) is 16.4 Å². The van der Waals surface area contributed by atoms with Crippen LogP contribution in [0, 0.1) is 5.53 Å². The number of nitrogens with one attached hydrogen (secondary N) is 1. The Labute approximate surface area is 108 Å². The van der Waals surface area contributed by atoms with Crippen LogP contribution in [0.2, 0.25) is 0 Å². The van der Waals surface area contributed by atoms with Crippen LogP contribution in [-0.2, 0) is 7.05 Å². The summed E-state index contributed by atoms with van der Waals surface area (Å²) in [5.74, 6) is 0. The lowest BCUT2D eigenvalue weighted by Crippen LogP contribution is -2.32. The van der Waals surface area contributed by atoms with Crippen LogP contribution in [-0.4, -0.2) is 0 Å². The minimum Gasteiger partial charge on any atom is -0.193 e. The van der Waals surface area contributed by atoms with E-state index < -0.39 is 0 Å². The van der Waals surface area contributed by atoms with Crippen LogP contribution in [0.15, 0.2) is 52.8 Å². The van der Waals surface area contributed by atoms with Gasteiger partial charge in [0.05, 0.1) is 10.1 Å². The molecule has 0 aromatic heterocycles. The Bertz CT molecular complexity index is 775. The molecule has 1 aromatic rings. The van der Waals surface area contributed by atoms with Crippen molar-refractivity contribution in [2.24, 2.45) is 17.4 Å². The van der Waals surface area contributed by atoms with Crippen LogP contribution in [0.25, 0.3) is 20.8 Å². The smallest absolute Gasteiger partial charge is 0.193 e. The van der Waals surface area contributed by atoms with E-state index in [-0.39, 0.29) is 0 Å². The highest BCUT2D eigenvalue weighted by molar-refractivity contribution is 7.21. The van der Waals surface area contributed by atoms with Crippen molar-refractivity contribution in [3.8, 4) is 10.6 Å². The topological polar surface area (TPSA) is 52.5 Å². The molecule has 1 aliphatic heterocycles. The molecule has 0 atom stereocenters. The summed E-state index contributed by atoms with van der Waals surface area (Å²) in [6.07, 6.45) is 0. The van der Waals surface area contributed by atoms with Crippen LogP contribution in [0.4, 0.5) is 0 Å². The Hall–Kier alpha value is -2.14. The van der Waals surface area contributed by atoms with Gasteiger partial charge in [-0.3, -0.25) is 0 Å². The number of aromatic nitrogens is 1. The summed E-state index contributed by atoms with van der Waals surface area (Å²) < 4.78 is 3.40.